The zero-order valence-corrected chi connectivity index (χ0v) is 26.5. The van der Waals surface area contributed by atoms with Crippen molar-refractivity contribution in [1.29, 1.82) is 0 Å². The molecule has 4 saturated carbocycles. The quantitative estimate of drug-likeness (QED) is 0.184. The van der Waals surface area contributed by atoms with E-state index in [2.05, 4.69) is 0 Å². The van der Waals surface area contributed by atoms with E-state index in [4.69, 9.17) is 40.3 Å². The Morgan fingerprint density at radius 2 is 1.64 bits per heavy atom. The second-order valence-corrected chi connectivity index (χ2v) is 13.7. The molecule has 0 aromatic heterocycles. The zero-order chi connectivity index (χ0) is 33.1. The SMILES string of the molecule is COC1(c2ccc(/C=C/C(=O)O)c(OCc3ccc(O[C@H]4O[C@H](CO)[C@@H](O)[C@H](O)[C@H]4O)cc3)c2Cl)OOC12C1CC3CC(C1)CC2C3. The fourth-order valence-corrected chi connectivity index (χ4v) is 9.06. The molecule has 5 N–H and O–H groups in total. The number of hydrogen-bond acceptors (Lipinski definition) is 11. The molecule has 8 rings (SSSR count). The molecule has 2 aromatic rings. The highest BCUT2D eigenvalue weighted by atomic mass is 35.5. The van der Waals surface area contributed by atoms with Gasteiger partial charge >= 0.3 is 5.97 Å². The van der Waals surface area contributed by atoms with Crippen molar-refractivity contribution in [2.75, 3.05) is 13.7 Å². The van der Waals surface area contributed by atoms with Crippen molar-refractivity contribution in [3.05, 3.63) is 64.2 Å². The number of rotatable bonds is 10. The number of methoxy groups -OCH3 is 1. The molecule has 12 nitrogen and oxygen atoms in total. The van der Waals surface area contributed by atoms with Gasteiger partial charge in [0.2, 0.25) is 6.29 Å². The molecule has 6 atom stereocenters. The Labute approximate surface area is 276 Å². The predicted octanol–water partition coefficient (Wildman–Crippen LogP) is 3.15. The summed E-state index contributed by atoms with van der Waals surface area (Å²) >= 11 is 7.13. The number of hydrogen-bond donors (Lipinski definition) is 5. The van der Waals surface area contributed by atoms with Gasteiger partial charge in [0.25, 0.3) is 5.79 Å². The van der Waals surface area contributed by atoms with E-state index in [1.54, 1.807) is 43.5 Å². The fraction of sp³-hybridized carbons (Fsp3) is 0.559. The van der Waals surface area contributed by atoms with Crippen LogP contribution in [0.15, 0.2) is 42.5 Å². The summed E-state index contributed by atoms with van der Waals surface area (Å²) in [6.45, 7) is -0.517. The minimum Gasteiger partial charge on any atom is -0.487 e. The molecule has 47 heavy (non-hydrogen) atoms. The van der Waals surface area contributed by atoms with Crippen LogP contribution in [-0.4, -0.2) is 81.5 Å². The van der Waals surface area contributed by atoms with Crippen LogP contribution in [0.2, 0.25) is 5.02 Å². The van der Waals surface area contributed by atoms with Crippen LogP contribution in [0.1, 0.15) is 48.8 Å². The summed E-state index contributed by atoms with van der Waals surface area (Å²) in [4.78, 5) is 23.4. The van der Waals surface area contributed by atoms with Gasteiger partial charge in [-0.05, 0) is 79.5 Å². The van der Waals surface area contributed by atoms with Gasteiger partial charge in [0.05, 0.1) is 11.6 Å². The molecule has 1 unspecified atom stereocenters. The molecule has 13 heteroatoms. The number of carboxylic acid groups (broad SMARTS) is 1. The molecule has 2 saturated heterocycles. The normalized spacial score (nSPS) is 38.9. The molecule has 4 bridgehead atoms. The van der Waals surface area contributed by atoms with Gasteiger partial charge in [0, 0.05) is 24.3 Å². The smallest absolute Gasteiger partial charge is 0.328 e. The first kappa shape index (κ1) is 32.8. The average Bonchev–Trinajstić information content (AvgIpc) is 3.04. The zero-order valence-electron chi connectivity index (χ0n) is 25.7. The van der Waals surface area contributed by atoms with Crippen molar-refractivity contribution >= 4 is 23.6 Å². The summed E-state index contributed by atoms with van der Waals surface area (Å²) in [5.74, 6) is 0.0997. The minimum absolute atomic E-state index is 0.0501. The van der Waals surface area contributed by atoms with Gasteiger partial charge in [0.1, 0.15) is 42.5 Å². The van der Waals surface area contributed by atoms with E-state index in [9.17, 15) is 30.3 Å². The third-order valence-corrected chi connectivity index (χ3v) is 11.1. The number of aliphatic hydroxyl groups is 4. The van der Waals surface area contributed by atoms with Crippen LogP contribution >= 0.6 is 11.6 Å². The summed E-state index contributed by atoms with van der Waals surface area (Å²) in [5.41, 5.74) is 1.05. The minimum atomic E-state index is -1.56. The van der Waals surface area contributed by atoms with Gasteiger partial charge in [-0.1, -0.05) is 35.9 Å². The summed E-state index contributed by atoms with van der Waals surface area (Å²) in [7, 11) is 1.60. The highest BCUT2D eigenvalue weighted by molar-refractivity contribution is 6.33. The van der Waals surface area contributed by atoms with Crippen molar-refractivity contribution in [2.24, 2.45) is 23.7 Å². The Morgan fingerprint density at radius 3 is 2.21 bits per heavy atom. The van der Waals surface area contributed by atoms with E-state index >= 15 is 0 Å². The van der Waals surface area contributed by atoms with Crippen LogP contribution in [0, 0.1) is 23.7 Å². The maximum atomic E-state index is 11.4. The molecule has 254 valence electrons. The molecule has 0 amide bonds. The lowest BCUT2D eigenvalue weighted by molar-refractivity contribution is -0.645. The molecule has 2 heterocycles. The Balaban J connectivity index is 1.13. The standard InChI is InChI=1S/C34H39ClO12/c1-42-34(33(46-47-34)21-11-18-10-19(13-21)14-22(33)12-18)24-8-4-20(5-9-26(37)38)31(27(24)35)43-16-17-2-6-23(7-3-17)44-32-30(41)29(40)28(39)25(15-36)45-32/h2-9,18-19,21-22,25,28-30,32,36,39-41H,10-16H2,1H3,(H,37,38)/b9-5+/t18?,19?,21?,22?,25-,28-,29+,30-,32+,33?,34?/m1/s1. The second-order valence-electron chi connectivity index (χ2n) is 13.3. The van der Waals surface area contributed by atoms with Crippen molar-refractivity contribution in [1.82, 2.24) is 0 Å². The number of halogens is 1. The topological polar surface area (TPSA) is 174 Å². The third-order valence-electron chi connectivity index (χ3n) is 10.7. The van der Waals surface area contributed by atoms with Crippen LogP contribution in [-0.2, 0) is 36.4 Å². The van der Waals surface area contributed by atoms with Crippen molar-refractivity contribution < 1.29 is 59.0 Å². The fourth-order valence-electron chi connectivity index (χ4n) is 8.71. The van der Waals surface area contributed by atoms with Gasteiger partial charge in [-0.25, -0.2) is 9.68 Å². The number of aliphatic carboxylic acids is 1. The molecule has 0 radical (unpaired) electrons. The van der Waals surface area contributed by atoms with E-state index in [0.29, 0.717) is 34.3 Å². The van der Waals surface area contributed by atoms with Crippen molar-refractivity contribution in [3.8, 4) is 11.5 Å². The number of carbonyl (C=O) groups is 1. The van der Waals surface area contributed by atoms with Gasteiger partial charge in [-0.15, -0.1) is 0 Å². The lowest BCUT2D eigenvalue weighted by Crippen LogP contribution is -2.76. The van der Waals surface area contributed by atoms with E-state index in [0.717, 1.165) is 31.8 Å². The summed E-state index contributed by atoms with van der Waals surface area (Å²) in [6.07, 6.45) is 0.913. The van der Waals surface area contributed by atoms with Gasteiger partial charge < -0.3 is 44.5 Å². The third kappa shape index (κ3) is 5.34. The van der Waals surface area contributed by atoms with Crippen molar-refractivity contribution in [3.63, 3.8) is 0 Å². The van der Waals surface area contributed by atoms with Crippen LogP contribution in [0.25, 0.3) is 6.08 Å². The Kier molecular flexibility index (Phi) is 8.77. The molecule has 2 aromatic carbocycles. The lowest BCUT2D eigenvalue weighted by atomic mass is 9.47. The highest BCUT2D eigenvalue weighted by Crippen LogP contribution is 2.70. The first-order valence-corrected chi connectivity index (χ1v) is 16.3. The number of aliphatic hydroxyl groups excluding tert-OH is 4. The van der Waals surface area contributed by atoms with Crippen LogP contribution in [0.3, 0.4) is 0 Å². The summed E-state index contributed by atoms with van der Waals surface area (Å²) in [5, 5.41) is 49.3. The first-order valence-electron chi connectivity index (χ1n) is 15.9. The van der Waals surface area contributed by atoms with E-state index in [1.165, 1.54) is 12.5 Å². The molecule has 1 spiro atoms. The molecule has 6 aliphatic rings. The van der Waals surface area contributed by atoms with Crippen LogP contribution < -0.4 is 9.47 Å². The molecular formula is C34H39ClO12. The molecular weight excluding hydrogens is 636 g/mol. The molecule has 6 fully saturated rings. The number of benzene rings is 2. The van der Waals surface area contributed by atoms with E-state index in [-0.39, 0.29) is 29.2 Å². The van der Waals surface area contributed by atoms with Crippen LogP contribution in [0.5, 0.6) is 11.5 Å². The second kappa shape index (κ2) is 12.6. The number of carboxylic acids is 1. The molecule has 4 aliphatic carbocycles. The maximum absolute atomic E-state index is 11.4. The predicted molar refractivity (Wildman–Crippen MR) is 164 cm³/mol. The van der Waals surface area contributed by atoms with Gasteiger partial charge in [-0.3, -0.25) is 0 Å². The first-order chi connectivity index (χ1) is 22.6. The van der Waals surface area contributed by atoms with E-state index in [1.807, 2.05) is 0 Å². The Hall–Kier alpha value is -2.78. The monoisotopic (exact) mass is 674 g/mol. The highest BCUT2D eigenvalue weighted by Gasteiger charge is 2.77. The van der Waals surface area contributed by atoms with Gasteiger partial charge in [0.15, 0.2) is 5.60 Å². The maximum Gasteiger partial charge on any atom is 0.328 e. The lowest BCUT2D eigenvalue weighted by Gasteiger charge is -2.68. The largest absolute Gasteiger partial charge is 0.487 e. The molecule has 2 aliphatic heterocycles. The average molecular weight is 675 g/mol. The summed E-state index contributed by atoms with van der Waals surface area (Å²) < 4.78 is 23.6. The van der Waals surface area contributed by atoms with Crippen LogP contribution in [0.4, 0.5) is 0 Å². The van der Waals surface area contributed by atoms with Gasteiger partial charge in [-0.2, -0.15) is 4.89 Å². The Morgan fingerprint density at radius 1 is 0.957 bits per heavy atom. The summed E-state index contributed by atoms with van der Waals surface area (Å²) in [6, 6.07) is 10.2. The Bertz CT molecular complexity index is 1480. The number of ether oxygens (including phenoxy) is 4. The van der Waals surface area contributed by atoms with E-state index < -0.39 is 54.7 Å². The van der Waals surface area contributed by atoms with Crippen molar-refractivity contribution in [2.45, 2.75) is 80.8 Å².